The molecule has 0 radical (unpaired) electrons. The molecule has 0 aromatic heterocycles. The molecule has 0 unspecified atom stereocenters. The number of rotatable bonds is 12. The van der Waals surface area contributed by atoms with Crippen molar-refractivity contribution in [2.24, 2.45) is 0 Å². The van der Waals surface area contributed by atoms with Crippen molar-refractivity contribution in [3.05, 3.63) is 91.0 Å². The number of guanidine groups is 1. The molecule has 6 nitrogen and oxygen atoms in total. The summed E-state index contributed by atoms with van der Waals surface area (Å²) < 4.78 is 11.7. The van der Waals surface area contributed by atoms with Crippen molar-refractivity contribution in [3.8, 4) is 0 Å². The predicted molar refractivity (Wildman–Crippen MR) is 145 cm³/mol. The molecule has 0 aliphatic carbocycles. The zero-order valence-corrected chi connectivity index (χ0v) is 20.7. The van der Waals surface area contributed by atoms with Crippen LogP contribution in [-0.4, -0.2) is 50.9 Å². The SMILES string of the molecule is CC(=N)NC(=N)NCCOCCOCC[PH](c1ccccc1)(c1ccccc1)c1ccccc1. The van der Waals surface area contributed by atoms with Crippen LogP contribution in [0.1, 0.15) is 6.92 Å². The van der Waals surface area contributed by atoms with E-state index in [0.717, 1.165) is 6.16 Å². The van der Waals surface area contributed by atoms with Crippen LogP contribution in [0.2, 0.25) is 0 Å². The third kappa shape index (κ3) is 7.22. The molecule has 3 aromatic carbocycles. The summed E-state index contributed by atoms with van der Waals surface area (Å²) in [5.41, 5.74) is 0. The van der Waals surface area contributed by atoms with Crippen LogP contribution in [0, 0.1) is 10.8 Å². The summed E-state index contributed by atoms with van der Waals surface area (Å²) in [4.78, 5) is 0. The molecule has 0 spiro atoms. The second-order valence-electron chi connectivity index (χ2n) is 8.03. The standard InChI is InChI=1S/C27H35N4O2P/c1-23(28)31-27(29)30-17-18-32-19-20-33-21-22-34(24-11-5-2-6-12-24,25-13-7-3-8-14-25)26-15-9-4-10-16-26/h2-16,34H,17-22H2,1H3,(H4,28,29,30,31). The molecule has 0 atom stereocenters. The Kier molecular flexibility index (Phi) is 10.2. The molecular weight excluding hydrogens is 443 g/mol. The molecule has 3 rings (SSSR count). The second kappa shape index (κ2) is 13.6. The molecule has 34 heavy (non-hydrogen) atoms. The van der Waals surface area contributed by atoms with E-state index in [2.05, 4.69) is 102 Å². The summed E-state index contributed by atoms with van der Waals surface area (Å²) in [5, 5.41) is 24.5. The Morgan fingerprint density at radius 3 is 1.56 bits per heavy atom. The van der Waals surface area contributed by atoms with E-state index in [9.17, 15) is 0 Å². The van der Waals surface area contributed by atoms with Crippen LogP contribution in [-0.2, 0) is 9.47 Å². The summed E-state index contributed by atoms with van der Waals surface area (Å²) in [6.45, 7) is 4.25. The molecule has 0 heterocycles. The first-order valence-corrected chi connectivity index (χ1v) is 13.8. The summed E-state index contributed by atoms with van der Waals surface area (Å²) in [6.07, 6.45) is 0.943. The maximum absolute atomic E-state index is 7.62. The monoisotopic (exact) mass is 478 g/mol. The number of hydrogen-bond donors (Lipinski definition) is 4. The fourth-order valence-corrected chi connectivity index (χ4v) is 8.73. The van der Waals surface area contributed by atoms with Gasteiger partial charge in [0.15, 0.2) is 0 Å². The minimum atomic E-state index is -2.25. The fourth-order valence-electron chi connectivity index (χ4n) is 4.13. The third-order valence-electron chi connectivity index (χ3n) is 5.65. The van der Waals surface area contributed by atoms with E-state index in [4.69, 9.17) is 20.3 Å². The number of hydrogen-bond acceptors (Lipinski definition) is 4. The Hall–Kier alpha value is -3.05. The first kappa shape index (κ1) is 25.6. The Bertz CT molecular complexity index is 920. The molecule has 0 bridgehead atoms. The van der Waals surface area contributed by atoms with E-state index < -0.39 is 7.26 Å². The van der Waals surface area contributed by atoms with Crippen molar-refractivity contribution in [1.29, 1.82) is 10.8 Å². The normalized spacial score (nSPS) is 11.6. The van der Waals surface area contributed by atoms with Gasteiger partial charge in [0, 0.05) is 0 Å². The minimum absolute atomic E-state index is 0.108. The van der Waals surface area contributed by atoms with Gasteiger partial charge in [-0.1, -0.05) is 0 Å². The number of nitrogens with one attached hydrogen (secondary N) is 4. The van der Waals surface area contributed by atoms with Gasteiger partial charge in [0.2, 0.25) is 0 Å². The summed E-state index contributed by atoms with van der Waals surface area (Å²) in [5.74, 6) is 0.337. The van der Waals surface area contributed by atoms with Crippen LogP contribution in [0.5, 0.6) is 0 Å². The van der Waals surface area contributed by atoms with E-state index in [1.165, 1.54) is 15.9 Å². The Balaban J connectivity index is 1.60. The van der Waals surface area contributed by atoms with E-state index in [-0.39, 0.29) is 11.8 Å². The molecule has 0 aliphatic rings. The van der Waals surface area contributed by atoms with Gasteiger partial charge in [-0.15, -0.1) is 0 Å². The van der Waals surface area contributed by atoms with Gasteiger partial charge < -0.3 is 0 Å². The average molecular weight is 479 g/mol. The first-order chi connectivity index (χ1) is 16.6. The van der Waals surface area contributed by atoms with E-state index in [1.54, 1.807) is 6.92 Å². The van der Waals surface area contributed by atoms with E-state index >= 15 is 0 Å². The number of ether oxygens (including phenoxy) is 2. The Morgan fingerprint density at radius 1 is 0.676 bits per heavy atom. The molecule has 0 aliphatic heterocycles. The van der Waals surface area contributed by atoms with E-state index in [0.29, 0.717) is 33.0 Å². The van der Waals surface area contributed by atoms with Gasteiger partial charge >= 0.3 is 191 Å². The van der Waals surface area contributed by atoms with Gasteiger partial charge in [-0.05, 0) is 6.92 Å². The van der Waals surface area contributed by atoms with Crippen LogP contribution >= 0.6 is 7.26 Å². The van der Waals surface area contributed by atoms with Gasteiger partial charge in [-0.3, -0.25) is 5.41 Å². The van der Waals surface area contributed by atoms with Gasteiger partial charge in [0.25, 0.3) is 0 Å². The number of benzene rings is 3. The molecule has 3 aromatic rings. The zero-order valence-electron chi connectivity index (χ0n) is 19.7. The van der Waals surface area contributed by atoms with Crippen LogP contribution in [0.15, 0.2) is 91.0 Å². The first-order valence-electron chi connectivity index (χ1n) is 11.6. The van der Waals surface area contributed by atoms with Crippen LogP contribution in [0.3, 0.4) is 0 Å². The second-order valence-corrected chi connectivity index (χ2v) is 12.1. The van der Waals surface area contributed by atoms with Crippen molar-refractivity contribution in [2.45, 2.75) is 6.92 Å². The molecule has 0 fully saturated rings. The maximum atomic E-state index is 7.62. The molecule has 0 amide bonds. The Morgan fingerprint density at radius 2 is 1.12 bits per heavy atom. The molecule has 0 saturated carbocycles. The summed E-state index contributed by atoms with van der Waals surface area (Å²) >= 11 is 0. The fraction of sp³-hybridized carbons (Fsp3) is 0.259. The molecule has 7 heteroatoms. The van der Waals surface area contributed by atoms with Gasteiger partial charge in [-0.25, -0.2) is 0 Å². The molecule has 4 N–H and O–H groups in total. The van der Waals surface area contributed by atoms with Crippen molar-refractivity contribution < 1.29 is 9.47 Å². The van der Waals surface area contributed by atoms with E-state index in [1.807, 2.05) is 0 Å². The van der Waals surface area contributed by atoms with Crippen LogP contribution in [0.25, 0.3) is 0 Å². The topological polar surface area (TPSA) is 90.2 Å². The van der Waals surface area contributed by atoms with Crippen LogP contribution in [0.4, 0.5) is 0 Å². The van der Waals surface area contributed by atoms with Crippen molar-refractivity contribution in [3.63, 3.8) is 0 Å². The Labute approximate surface area is 203 Å². The van der Waals surface area contributed by atoms with Crippen LogP contribution < -0.4 is 26.5 Å². The van der Waals surface area contributed by atoms with Crippen molar-refractivity contribution >= 4 is 35.0 Å². The average Bonchev–Trinajstić information content (AvgIpc) is 2.86. The molecule has 180 valence electrons. The molecular formula is C27H35N4O2P. The van der Waals surface area contributed by atoms with Crippen molar-refractivity contribution in [2.75, 3.05) is 39.1 Å². The van der Waals surface area contributed by atoms with Crippen molar-refractivity contribution in [1.82, 2.24) is 10.6 Å². The zero-order chi connectivity index (χ0) is 24.1. The molecule has 0 saturated heterocycles. The van der Waals surface area contributed by atoms with Gasteiger partial charge in [0.1, 0.15) is 0 Å². The van der Waals surface area contributed by atoms with Gasteiger partial charge in [-0.2, -0.15) is 0 Å². The number of amidine groups is 1. The van der Waals surface area contributed by atoms with Gasteiger partial charge in [0.05, 0.1) is 0 Å². The predicted octanol–water partition coefficient (Wildman–Crippen LogP) is 2.86. The third-order valence-corrected chi connectivity index (χ3v) is 10.6. The quantitative estimate of drug-likeness (QED) is 0.140. The summed E-state index contributed by atoms with van der Waals surface area (Å²) in [7, 11) is -2.25. The summed E-state index contributed by atoms with van der Waals surface area (Å²) in [6, 6.07) is 32.6.